The van der Waals surface area contributed by atoms with Crippen molar-refractivity contribution in [3.63, 3.8) is 0 Å². The van der Waals surface area contributed by atoms with E-state index in [1.165, 1.54) is 0 Å². The number of methoxy groups -OCH3 is 1. The van der Waals surface area contributed by atoms with Gasteiger partial charge in [0, 0.05) is 19.1 Å². The van der Waals surface area contributed by atoms with Crippen LogP contribution in [0.4, 0.5) is 0 Å². The summed E-state index contributed by atoms with van der Waals surface area (Å²) in [6.45, 7) is 3.49. The van der Waals surface area contributed by atoms with Gasteiger partial charge in [0.2, 0.25) is 0 Å². The highest BCUT2D eigenvalue weighted by molar-refractivity contribution is 5.43. The summed E-state index contributed by atoms with van der Waals surface area (Å²) in [4.78, 5) is 0. The van der Waals surface area contributed by atoms with Gasteiger partial charge in [-0.2, -0.15) is 0 Å². The summed E-state index contributed by atoms with van der Waals surface area (Å²) in [5.74, 6) is 1.51. The quantitative estimate of drug-likeness (QED) is 0.859. The van der Waals surface area contributed by atoms with Gasteiger partial charge in [-0.1, -0.05) is 6.07 Å². The molecule has 0 saturated carbocycles. The van der Waals surface area contributed by atoms with Crippen molar-refractivity contribution in [1.82, 2.24) is 0 Å². The lowest BCUT2D eigenvalue weighted by Crippen LogP contribution is -2.11. The summed E-state index contributed by atoms with van der Waals surface area (Å²) < 4.78 is 16.7. The Hall–Kier alpha value is -1.26. The zero-order valence-electron chi connectivity index (χ0n) is 11.7. The van der Waals surface area contributed by atoms with Gasteiger partial charge in [0.15, 0.2) is 11.5 Å². The van der Waals surface area contributed by atoms with E-state index in [-0.39, 0.29) is 6.04 Å². The second-order valence-electron chi connectivity index (χ2n) is 4.97. The van der Waals surface area contributed by atoms with Crippen molar-refractivity contribution < 1.29 is 14.2 Å². The molecule has 2 rings (SSSR count). The Morgan fingerprint density at radius 2 is 2.26 bits per heavy atom. The second-order valence-corrected chi connectivity index (χ2v) is 4.97. The van der Waals surface area contributed by atoms with Crippen molar-refractivity contribution in [2.24, 2.45) is 5.73 Å². The number of hydrogen-bond acceptors (Lipinski definition) is 4. The predicted octanol–water partition coefficient (Wildman–Crippen LogP) is 2.66. The molecule has 1 heterocycles. The fourth-order valence-corrected chi connectivity index (χ4v) is 2.26. The summed E-state index contributed by atoms with van der Waals surface area (Å²) in [6.07, 6.45) is 3.59. The van der Waals surface area contributed by atoms with Crippen LogP contribution in [0.15, 0.2) is 18.2 Å². The van der Waals surface area contributed by atoms with E-state index in [0.717, 1.165) is 42.9 Å². The lowest BCUT2D eigenvalue weighted by Gasteiger charge is -2.15. The summed E-state index contributed by atoms with van der Waals surface area (Å²) >= 11 is 0. The van der Waals surface area contributed by atoms with Gasteiger partial charge >= 0.3 is 0 Å². The lowest BCUT2D eigenvalue weighted by molar-refractivity contribution is 0.0899. The molecule has 1 aliphatic rings. The molecule has 0 radical (unpaired) electrons. The summed E-state index contributed by atoms with van der Waals surface area (Å²) in [7, 11) is 1.65. The van der Waals surface area contributed by atoms with Crippen LogP contribution in [0.3, 0.4) is 0 Å². The Bertz CT molecular complexity index is 400. The normalized spacial score (nSPS) is 20.3. The molecule has 1 saturated heterocycles. The third kappa shape index (κ3) is 3.85. The minimum Gasteiger partial charge on any atom is -0.493 e. The van der Waals surface area contributed by atoms with Gasteiger partial charge in [-0.3, -0.25) is 0 Å². The molecule has 2 N–H and O–H groups in total. The molecule has 19 heavy (non-hydrogen) atoms. The molecule has 1 fully saturated rings. The number of benzene rings is 1. The van der Waals surface area contributed by atoms with Crippen molar-refractivity contribution in [3.8, 4) is 11.5 Å². The fourth-order valence-electron chi connectivity index (χ4n) is 2.26. The van der Waals surface area contributed by atoms with E-state index in [9.17, 15) is 0 Å². The van der Waals surface area contributed by atoms with Crippen LogP contribution < -0.4 is 15.2 Å². The second kappa shape index (κ2) is 6.78. The van der Waals surface area contributed by atoms with Gasteiger partial charge in [-0.05, 0) is 37.5 Å². The van der Waals surface area contributed by atoms with E-state index in [0.29, 0.717) is 12.7 Å². The van der Waals surface area contributed by atoms with Gasteiger partial charge in [0.05, 0.1) is 19.8 Å². The summed E-state index contributed by atoms with van der Waals surface area (Å²) in [5.41, 5.74) is 6.90. The van der Waals surface area contributed by atoms with Gasteiger partial charge in [-0.25, -0.2) is 0 Å². The highest BCUT2D eigenvalue weighted by Gasteiger charge is 2.15. The SMILES string of the molecule is COc1cc([C@@H](C)N)ccc1OCCC1CCCO1. The largest absolute Gasteiger partial charge is 0.493 e. The van der Waals surface area contributed by atoms with E-state index in [1.807, 2.05) is 25.1 Å². The van der Waals surface area contributed by atoms with Crippen molar-refractivity contribution in [2.75, 3.05) is 20.3 Å². The topological polar surface area (TPSA) is 53.7 Å². The number of nitrogens with two attached hydrogens (primary N) is 1. The van der Waals surface area contributed by atoms with Crippen molar-refractivity contribution in [1.29, 1.82) is 0 Å². The van der Waals surface area contributed by atoms with Crippen LogP contribution in [0, 0.1) is 0 Å². The summed E-state index contributed by atoms with van der Waals surface area (Å²) in [5, 5.41) is 0. The van der Waals surface area contributed by atoms with E-state index in [1.54, 1.807) is 7.11 Å². The molecular formula is C15H23NO3. The van der Waals surface area contributed by atoms with E-state index >= 15 is 0 Å². The van der Waals surface area contributed by atoms with Crippen LogP contribution in [0.2, 0.25) is 0 Å². The maximum Gasteiger partial charge on any atom is 0.161 e. The minimum absolute atomic E-state index is 0.00478. The third-order valence-corrected chi connectivity index (χ3v) is 3.43. The fraction of sp³-hybridized carbons (Fsp3) is 0.600. The number of hydrogen-bond donors (Lipinski definition) is 1. The highest BCUT2D eigenvalue weighted by atomic mass is 16.5. The molecule has 4 nitrogen and oxygen atoms in total. The standard InChI is InChI=1S/C15H23NO3/c1-11(16)12-5-6-14(15(10-12)17-2)19-9-7-13-4-3-8-18-13/h5-6,10-11,13H,3-4,7-9,16H2,1-2H3/t11-,13?/m1/s1. The van der Waals surface area contributed by atoms with Gasteiger partial charge in [0.1, 0.15) is 0 Å². The van der Waals surface area contributed by atoms with Crippen molar-refractivity contribution in [3.05, 3.63) is 23.8 Å². The zero-order chi connectivity index (χ0) is 13.7. The van der Waals surface area contributed by atoms with Crippen LogP contribution in [0.5, 0.6) is 11.5 Å². The molecule has 1 aromatic rings. The smallest absolute Gasteiger partial charge is 0.161 e. The third-order valence-electron chi connectivity index (χ3n) is 3.43. The first-order valence-corrected chi connectivity index (χ1v) is 6.88. The monoisotopic (exact) mass is 265 g/mol. The van der Waals surface area contributed by atoms with Gasteiger partial charge in [-0.15, -0.1) is 0 Å². The molecular weight excluding hydrogens is 242 g/mol. The van der Waals surface area contributed by atoms with Gasteiger partial charge in [0.25, 0.3) is 0 Å². The van der Waals surface area contributed by atoms with Crippen LogP contribution in [0.1, 0.15) is 37.8 Å². The van der Waals surface area contributed by atoms with Crippen LogP contribution in [-0.2, 0) is 4.74 Å². The average Bonchev–Trinajstić information content (AvgIpc) is 2.92. The molecule has 0 amide bonds. The molecule has 1 aromatic carbocycles. The highest BCUT2D eigenvalue weighted by Crippen LogP contribution is 2.30. The molecule has 1 unspecified atom stereocenters. The molecule has 106 valence electrons. The number of rotatable bonds is 6. The predicted molar refractivity (Wildman–Crippen MR) is 74.7 cm³/mol. The molecule has 2 atom stereocenters. The van der Waals surface area contributed by atoms with Crippen molar-refractivity contribution in [2.45, 2.75) is 38.3 Å². The maximum atomic E-state index is 5.86. The molecule has 0 aliphatic carbocycles. The number of ether oxygens (including phenoxy) is 3. The molecule has 1 aliphatic heterocycles. The average molecular weight is 265 g/mol. The lowest BCUT2D eigenvalue weighted by atomic mass is 10.1. The zero-order valence-corrected chi connectivity index (χ0v) is 11.7. The Kier molecular flexibility index (Phi) is 5.05. The van der Waals surface area contributed by atoms with Crippen LogP contribution in [0.25, 0.3) is 0 Å². The van der Waals surface area contributed by atoms with Crippen molar-refractivity contribution >= 4 is 0 Å². The minimum atomic E-state index is -0.00478. The molecule has 0 spiro atoms. The molecule has 4 heteroatoms. The first kappa shape index (κ1) is 14.2. The first-order valence-electron chi connectivity index (χ1n) is 6.88. The van der Waals surface area contributed by atoms with Crippen LogP contribution >= 0.6 is 0 Å². The molecule has 0 aromatic heterocycles. The Labute approximate surface area is 114 Å². The van der Waals surface area contributed by atoms with E-state index in [4.69, 9.17) is 19.9 Å². The Morgan fingerprint density at radius 1 is 1.42 bits per heavy atom. The van der Waals surface area contributed by atoms with E-state index in [2.05, 4.69) is 0 Å². The van der Waals surface area contributed by atoms with E-state index < -0.39 is 0 Å². The first-order chi connectivity index (χ1) is 9.20. The Balaban J connectivity index is 1.91. The molecule has 0 bridgehead atoms. The Morgan fingerprint density at radius 3 is 2.89 bits per heavy atom. The van der Waals surface area contributed by atoms with Crippen LogP contribution in [-0.4, -0.2) is 26.4 Å². The van der Waals surface area contributed by atoms with Gasteiger partial charge < -0.3 is 19.9 Å². The summed E-state index contributed by atoms with van der Waals surface area (Å²) in [6, 6.07) is 5.84. The maximum absolute atomic E-state index is 5.86.